The van der Waals surface area contributed by atoms with Gasteiger partial charge in [-0.2, -0.15) is 4.98 Å². The van der Waals surface area contributed by atoms with Crippen LogP contribution >= 0.6 is 0 Å². The van der Waals surface area contributed by atoms with Crippen LogP contribution in [0.25, 0.3) is 0 Å². The molecule has 2 heterocycles. The summed E-state index contributed by atoms with van der Waals surface area (Å²) >= 11 is 0. The summed E-state index contributed by atoms with van der Waals surface area (Å²) < 4.78 is 11.1. The van der Waals surface area contributed by atoms with Crippen LogP contribution in [0.4, 0.5) is 11.9 Å². The van der Waals surface area contributed by atoms with Crippen LogP contribution in [0, 0.1) is 0 Å². The molecule has 8 heteroatoms. The van der Waals surface area contributed by atoms with Crippen LogP contribution in [0.1, 0.15) is 5.56 Å². The predicted octanol–water partition coefficient (Wildman–Crippen LogP) is 1.03. The van der Waals surface area contributed by atoms with Gasteiger partial charge in [0.05, 0.1) is 33.8 Å². The smallest absolute Gasteiger partial charge is 0.336 e. The van der Waals surface area contributed by atoms with E-state index in [-0.39, 0.29) is 24.3 Å². The number of ether oxygens (including phenoxy) is 2. The summed E-state index contributed by atoms with van der Waals surface area (Å²) in [5.41, 5.74) is 0.924. The summed E-state index contributed by atoms with van der Waals surface area (Å²) in [7, 11) is 3.53. The van der Waals surface area contributed by atoms with Crippen LogP contribution in [0.5, 0.6) is 6.01 Å². The molecule has 8 nitrogen and oxygen atoms in total. The Balaban J connectivity index is 1.78. The highest BCUT2D eigenvalue weighted by molar-refractivity contribution is 5.90. The number of benzene rings is 1. The third-order valence-corrected chi connectivity index (χ3v) is 4.19. The van der Waals surface area contributed by atoms with Gasteiger partial charge in [0.15, 0.2) is 0 Å². The molecule has 1 aromatic heterocycles. The van der Waals surface area contributed by atoms with Gasteiger partial charge in [0.25, 0.3) is 0 Å². The normalized spacial score (nSPS) is 16.2. The topological polar surface area (TPSA) is 86.2 Å². The Morgan fingerprint density at radius 3 is 2.60 bits per heavy atom. The summed E-state index contributed by atoms with van der Waals surface area (Å²) in [4.78, 5) is 25.2. The van der Waals surface area contributed by atoms with Gasteiger partial charge < -0.3 is 9.47 Å². The number of rotatable bonds is 5. The van der Waals surface area contributed by atoms with E-state index in [1.54, 1.807) is 0 Å². The van der Waals surface area contributed by atoms with Crippen molar-refractivity contribution in [1.82, 2.24) is 19.4 Å². The largest absolute Gasteiger partial charge is 0.467 e. The minimum Gasteiger partial charge on any atom is -0.467 e. The zero-order chi connectivity index (χ0) is 17.7. The van der Waals surface area contributed by atoms with Gasteiger partial charge in [-0.1, -0.05) is 30.3 Å². The lowest BCUT2D eigenvalue weighted by molar-refractivity contribution is -0.115. The number of amides is 1. The fourth-order valence-electron chi connectivity index (χ4n) is 2.63. The minimum absolute atomic E-state index is 0.185. The van der Waals surface area contributed by atoms with Crippen molar-refractivity contribution in [2.24, 2.45) is 0 Å². The monoisotopic (exact) mass is 344 g/mol. The molecule has 1 fully saturated rings. The number of nitrogens with zero attached hydrogens (tertiary/aromatic N) is 4. The summed E-state index contributed by atoms with van der Waals surface area (Å²) in [5, 5.41) is 2.74. The molecule has 3 rings (SSSR count). The molecule has 0 atom stereocenters. The number of hydrogen-bond donors (Lipinski definition) is 1. The number of quaternary nitrogens is 1. The molecular weight excluding hydrogens is 322 g/mol. The first-order valence-electron chi connectivity index (χ1n) is 8.16. The summed E-state index contributed by atoms with van der Waals surface area (Å²) in [6, 6.07) is 9.70. The van der Waals surface area contributed by atoms with Crippen LogP contribution in [0.2, 0.25) is 0 Å². The summed E-state index contributed by atoms with van der Waals surface area (Å²) in [5.74, 6) is 0.578. The van der Waals surface area contributed by atoms with E-state index in [1.165, 1.54) is 7.11 Å². The van der Waals surface area contributed by atoms with Gasteiger partial charge in [-0.25, -0.2) is 0 Å². The second-order valence-corrected chi connectivity index (χ2v) is 6.11. The van der Waals surface area contributed by atoms with E-state index < -0.39 is 0 Å². The van der Waals surface area contributed by atoms with Crippen LogP contribution in [0.15, 0.2) is 30.3 Å². The van der Waals surface area contributed by atoms with E-state index in [0.717, 1.165) is 18.7 Å². The van der Waals surface area contributed by atoms with Gasteiger partial charge in [-0.15, -0.1) is 9.97 Å². The van der Waals surface area contributed by atoms with Crippen LogP contribution < -0.4 is 14.5 Å². The van der Waals surface area contributed by atoms with Crippen LogP contribution in [0.3, 0.4) is 0 Å². The van der Waals surface area contributed by atoms with E-state index in [4.69, 9.17) is 9.47 Å². The molecule has 0 unspecified atom stereocenters. The van der Waals surface area contributed by atoms with Crippen LogP contribution in [-0.4, -0.2) is 61.3 Å². The van der Waals surface area contributed by atoms with Crippen LogP contribution in [-0.2, 0) is 16.0 Å². The van der Waals surface area contributed by atoms with E-state index in [2.05, 4.69) is 20.3 Å². The Kier molecular flexibility index (Phi) is 5.20. The first kappa shape index (κ1) is 17.2. The highest BCUT2D eigenvalue weighted by Crippen LogP contribution is 2.21. The predicted molar refractivity (Wildman–Crippen MR) is 93.4 cm³/mol. The van der Waals surface area contributed by atoms with Crippen molar-refractivity contribution >= 4 is 17.8 Å². The molecule has 0 aliphatic carbocycles. The average Bonchev–Trinajstić information content (AvgIpc) is 2.62. The lowest BCUT2D eigenvalue weighted by Crippen LogP contribution is -2.54. The lowest BCUT2D eigenvalue weighted by atomic mass is 10.1. The molecule has 1 aromatic carbocycles. The zero-order valence-corrected chi connectivity index (χ0v) is 14.4. The number of likely N-dealkylation sites (N-methyl/N-ethyl adjacent to an activating group) is 1. The van der Waals surface area contributed by atoms with Gasteiger partial charge in [0, 0.05) is 0 Å². The van der Waals surface area contributed by atoms with Crippen molar-refractivity contribution in [1.29, 1.82) is 0 Å². The molecule has 1 amide bonds. The molecule has 0 radical (unpaired) electrons. The Labute approximate surface area is 146 Å². The number of hydrogen-bond acceptors (Lipinski definition) is 6. The number of aromatic nitrogens is 3. The third kappa shape index (κ3) is 4.28. The van der Waals surface area contributed by atoms with Crippen molar-refractivity contribution in [2.45, 2.75) is 6.42 Å². The number of methoxy groups -OCH3 is 1. The Morgan fingerprint density at radius 2 is 1.92 bits per heavy atom. The van der Waals surface area contributed by atoms with E-state index >= 15 is 0 Å². The first-order chi connectivity index (χ1) is 12.1. The summed E-state index contributed by atoms with van der Waals surface area (Å²) in [6.45, 7) is 2.79. The van der Waals surface area contributed by atoms with E-state index in [0.29, 0.717) is 23.6 Å². The molecule has 1 N–H and O–H groups in total. The first-order valence-corrected chi connectivity index (χ1v) is 8.16. The molecule has 0 bridgehead atoms. The summed E-state index contributed by atoms with van der Waals surface area (Å²) in [6.07, 6.45) is 0.254. The molecule has 25 heavy (non-hydrogen) atoms. The zero-order valence-electron chi connectivity index (χ0n) is 14.4. The molecule has 1 aliphatic rings. The van der Waals surface area contributed by atoms with Crippen molar-refractivity contribution in [2.75, 3.05) is 45.8 Å². The quantitative estimate of drug-likeness (QED) is 0.816. The maximum absolute atomic E-state index is 12.3. The van der Waals surface area contributed by atoms with E-state index in [9.17, 15) is 4.79 Å². The SMILES string of the molecule is COc1nc(NC(=O)Cc2ccccc2)nc([N+]2(C)CCOCC2)n1. The van der Waals surface area contributed by atoms with Gasteiger partial charge in [0.2, 0.25) is 11.9 Å². The third-order valence-electron chi connectivity index (χ3n) is 4.19. The standard InChI is InChI=1S/C17H21N5O3/c1-22(8-10-25-11-9-22)16-19-15(20-17(21-16)24-2)18-14(23)12-13-6-4-3-5-7-13/h3-7H,8-12H2,1-2H3/p+1. The molecule has 0 spiro atoms. The van der Waals surface area contributed by atoms with Crippen molar-refractivity contribution in [3.8, 4) is 6.01 Å². The molecule has 1 saturated heterocycles. The molecule has 132 valence electrons. The van der Waals surface area contributed by atoms with Gasteiger partial charge in [-0.3, -0.25) is 14.6 Å². The number of morpholine rings is 1. The fourth-order valence-corrected chi connectivity index (χ4v) is 2.63. The molecule has 2 aromatic rings. The van der Waals surface area contributed by atoms with Crippen molar-refractivity contribution < 1.29 is 14.3 Å². The number of nitrogens with one attached hydrogen (secondary N) is 1. The van der Waals surface area contributed by atoms with E-state index in [1.807, 2.05) is 37.4 Å². The van der Waals surface area contributed by atoms with Gasteiger partial charge in [0.1, 0.15) is 13.1 Å². The molecule has 0 saturated carbocycles. The highest BCUT2D eigenvalue weighted by Gasteiger charge is 2.32. The Hall–Kier alpha value is -2.58. The van der Waals surface area contributed by atoms with Gasteiger partial charge in [-0.05, 0) is 5.56 Å². The Morgan fingerprint density at radius 1 is 1.20 bits per heavy atom. The number of anilines is 1. The fraction of sp³-hybridized carbons (Fsp3) is 0.412. The number of carbonyl (C=O) groups is 1. The second kappa shape index (κ2) is 7.54. The second-order valence-electron chi connectivity index (χ2n) is 6.11. The average molecular weight is 344 g/mol. The lowest BCUT2D eigenvalue weighted by Gasteiger charge is -2.34. The minimum atomic E-state index is -0.185. The maximum atomic E-state index is 12.3. The maximum Gasteiger partial charge on any atom is 0.336 e. The van der Waals surface area contributed by atoms with Gasteiger partial charge >= 0.3 is 12.0 Å². The highest BCUT2D eigenvalue weighted by atomic mass is 16.5. The Bertz CT molecular complexity index is 732. The van der Waals surface area contributed by atoms with Crippen molar-refractivity contribution in [3.05, 3.63) is 35.9 Å². The van der Waals surface area contributed by atoms with Crippen molar-refractivity contribution in [3.63, 3.8) is 0 Å². The number of carbonyl (C=O) groups excluding carboxylic acids is 1. The molecule has 1 aliphatic heterocycles. The molecular formula is C17H22N5O3+.